The molecule has 2 rings (SSSR count). The number of nitrogens with two attached hydrogens (primary N) is 1. The normalized spacial score (nSPS) is 16.5. The molecule has 1 aliphatic carbocycles. The minimum atomic E-state index is -0.344. The predicted molar refractivity (Wildman–Crippen MR) is 97.5 cm³/mol. The molecule has 2 atom stereocenters. The number of carbonyl (C=O) groups excluding carboxylic acids is 2. The number of nitrogen functional groups attached to an aromatic ring is 1. The second-order valence-electron chi connectivity index (χ2n) is 6.56. The third-order valence-corrected chi connectivity index (χ3v) is 4.18. The van der Waals surface area contributed by atoms with Crippen molar-refractivity contribution >= 4 is 17.3 Å². The topological polar surface area (TPSA) is 78.6 Å². The second kappa shape index (κ2) is 8.19. The first-order chi connectivity index (χ1) is 11.9. The van der Waals surface area contributed by atoms with E-state index in [4.69, 9.17) is 15.2 Å². The molecule has 1 aromatic carbocycles. The Bertz CT molecular complexity index is 693. The van der Waals surface area contributed by atoms with E-state index in [0.29, 0.717) is 11.3 Å². The molecule has 2 unspecified atom stereocenters. The van der Waals surface area contributed by atoms with Crippen molar-refractivity contribution in [2.45, 2.75) is 65.6 Å². The van der Waals surface area contributed by atoms with Crippen LogP contribution in [-0.2, 0) is 9.47 Å². The van der Waals surface area contributed by atoms with Crippen LogP contribution in [0, 0.1) is 0 Å². The van der Waals surface area contributed by atoms with E-state index < -0.39 is 0 Å². The largest absolute Gasteiger partial charge is 0.483 e. The SMILES string of the molecule is CCCC(C)OC1=C(OC(C)CCC)C(=O)c2cc(N)ccc2C1=O. The van der Waals surface area contributed by atoms with E-state index in [-0.39, 0.29) is 40.9 Å². The summed E-state index contributed by atoms with van der Waals surface area (Å²) in [5.41, 5.74) is 6.81. The van der Waals surface area contributed by atoms with E-state index in [2.05, 4.69) is 0 Å². The highest BCUT2D eigenvalue weighted by Crippen LogP contribution is 2.31. The van der Waals surface area contributed by atoms with Crippen LogP contribution in [0.15, 0.2) is 29.7 Å². The van der Waals surface area contributed by atoms with Gasteiger partial charge in [-0.15, -0.1) is 0 Å². The third-order valence-electron chi connectivity index (χ3n) is 4.18. The Morgan fingerprint density at radius 1 is 0.880 bits per heavy atom. The molecule has 1 aliphatic rings. The van der Waals surface area contributed by atoms with Crippen molar-refractivity contribution < 1.29 is 19.1 Å². The summed E-state index contributed by atoms with van der Waals surface area (Å²) < 4.78 is 11.7. The maximum absolute atomic E-state index is 12.9. The Morgan fingerprint density at radius 2 is 1.36 bits per heavy atom. The maximum Gasteiger partial charge on any atom is 0.232 e. The van der Waals surface area contributed by atoms with Crippen LogP contribution in [0.2, 0.25) is 0 Å². The Balaban J connectivity index is 2.46. The minimum absolute atomic E-state index is 0.00648. The number of fused-ring (bicyclic) bond motifs is 1. The van der Waals surface area contributed by atoms with Gasteiger partial charge in [-0.1, -0.05) is 26.7 Å². The fourth-order valence-electron chi connectivity index (χ4n) is 2.95. The first-order valence-corrected chi connectivity index (χ1v) is 8.95. The number of ether oxygens (including phenoxy) is 2. The van der Waals surface area contributed by atoms with E-state index in [1.807, 2.05) is 27.7 Å². The van der Waals surface area contributed by atoms with Crippen LogP contribution in [0.3, 0.4) is 0 Å². The van der Waals surface area contributed by atoms with Crippen LogP contribution < -0.4 is 5.73 Å². The Kier molecular flexibility index (Phi) is 6.23. The highest BCUT2D eigenvalue weighted by atomic mass is 16.5. The molecule has 0 heterocycles. The molecule has 25 heavy (non-hydrogen) atoms. The molecule has 0 aromatic heterocycles. The van der Waals surface area contributed by atoms with Gasteiger partial charge in [0.05, 0.1) is 12.2 Å². The number of benzene rings is 1. The second-order valence-corrected chi connectivity index (χ2v) is 6.56. The van der Waals surface area contributed by atoms with Gasteiger partial charge in [0.1, 0.15) is 0 Å². The van der Waals surface area contributed by atoms with Gasteiger partial charge in [0.15, 0.2) is 0 Å². The first kappa shape index (κ1) is 19.0. The number of ketones is 2. The number of hydrogen-bond donors (Lipinski definition) is 1. The van der Waals surface area contributed by atoms with Gasteiger partial charge < -0.3 is 15.2 Å². The molecule has 5 nitrogen and oxygen atoms in total. The molecule has 0 saturated heterocycles. The summed E-state index contributed by atoms with van der Waals surface area (Å²) in [6.07, 6.45) is 3.06. The van der Waals surface area contributed by atoms with Crippen molar-refractivity contribution in [3.05, 3.63) is 40.8 Å². The van der Waals surface area contributed by atoms with Crippen molar-refractivity contribution in [3.8, 4) is 0 Å². The van der Waals surface area contributed by atoms with Crippen LogP contribution in [0.4, 0.5) is 5.69 Å². The van der Waals surface area contributed by atoms with Gasteiger partial charge in [-0.25, -0.2) is 0 Å². The summed E-state index contributed by atoms with van der Waals surface area (Å²) in [4.78, 5) is 25.8. The number of hydrogen-bond acceptors (Lipinski definition) is 5. The molecule has 0 radical (unpaired) electrons. The zero-order valence-electron chi connectivity index (χ0n) is 15.4. The molecule has 0 spiro atoms. The summed E-state index contributed by atoms with van der Waals surface area (Å²) >= 11 is 0. The average Bonchev–Trinajstić information content (AvgIpc) is 2.56. The Morgan fingerprint density at radius 3 is 1.84 bits per heavy atom. The molecule has 1 aromatic rings. The highest BCUT2D eigenvalue weighted by Gasteiger charge is 2.36. The minimum Gasteiger partial charge on any atom is -0.483 e. The fourth-order valence-corrected chi connectivity index (χ4v) is 2.95. The van der Waals surface area contributed by atoms with Crippen molar-refractivity contribution in [2.75, 3.05) is 5.73 Å². The van der Waals surface area contributed by atoms with Crippen LogP contribution in [0.25, 0.3) is 0 Å². The lowest BCUT2D eigenvalue weighted by atomic mass is 9.91. The summed E-state index contributed by atoms with van der Waals surface area (Å²) in [5.74, 6) is -0.641. The molecular weight excluding hydrogens is 318 g/mol. The van der Waals surface area contributed by atoms with Gasteiger partial charge in [-0.05, 0) is 44.9 Å². The number of anilines is 1. The van der Waals surface area contributed by atoms with E-state index in [9.17, 15) is 9.59 Å². The molecule has 0 saturated carbocycles. The summed E-state index contributed by atoms with van der Waals surface area (Å²) in [7, 11) is 0. The van der Waals surface area contributed by atoms with E-state index in [1.54, 1.807) is 12.1 Å². The van der Waals surface area contributed by atoms with Gasteiger partial charge >= 0.3 is 0 Å². The van der Waals surface area contributed by atoms with Gasteiger partial charge in [-0.2, -0.15) is 0 Å². The van der Waals surface area contributed by atoms with Gasteiger partial charge in [0.25, 0.3) is 0 Å². The molecule has 0 amide bonds. The lowest BCUT2D eigenvalue weighted by Crippen LogP contribution is -2.28. The predicted octanol–water partition coefficient (Wildman–Crippen LogP) is 4.27. The monoisotopic (exact) mass is 345 g/mol. The summed E-state index contributed by atoms with van der Waals surface area (Å²) in [6, 6.07) is 4.71. The smallest absolute Gasteiger partial charge is 0.232 e. The average molecular weight is 345 g/mol. The molecule has 0 fully saturated rings. The molecule has 0 aliphatic heterocycles. The quantitative estimate of drug-likeness (QED) is 0.712. The number of rotatable bonds is 8. The van der Waals surface area contributed by atoms with Gasteiger partial charge in [0, 0.05) is 16.8 Å². The van der Waals surface area contributed by atoms with Gasteiger partial charge in [0.2, 0.25) is 23.1 Å². The van der Waals surface area contributed by atoms with Crippen molar-refractivity contribution in [1.29, 1.82) is 0 Å². The Hall–Kier alpha value is -2.30. The van der Waals surface area contributed by atoms with E-state index in [0.717, 1.165) is 25.7 Å². The molecule has 136 valence electrons. The zero-order valence-corrected chi connectivity index (χ0v) is 15.4. The van der Waals surface area contributed by atoms with Crippen molar-refractivity contribution in [3.63, 3.8) is 0 Å². The molecule has 5 heteroatoms. The molecule has 2 N–H and O–H groups in total. The number of carbonyl (C=O) groups is 2. The maximum atomic E-state index is 12.9. The van der Waals surface area contributed by atoms with Gasteiger partial charge in [-0.3, -0.25) is 9.59 Å². The Labute approximate surface area is 149 Å². The third kappa shape index (κ3) is 4.21. The summed E-state index contributed by atoms with van der Waals surface area (Å²) in [5, 5.41) is 0. The standard InChI is InChI=1S/C20H27NO4/c1-5-7-12(3)24-19-17(22)15-10-9-14(21)11-16(15)18(23)20(19)25-13(4)8-6-2/h9-13H,5-8,21H2,1-4H3. The first-order valence-electron chi connectivity index (χ1n) is 8.95. The van der Waals surface area contributed by atoms with E-state index in [1.165, 1.54) is 6.07 Å². The lowest BCUT2D eigenvalue weighted by Gasteiger charge is -2.25. The molecule has 0 bridgehead atoms. The number of allylic oxidation sites excluding steroid dienone is 2. The highest BCUT2D eigenvalue weighted by molar-refractivity contribution is 6.25. The zero-order chi connectivity index (χ0) is 18.6. The van der Waals surface area contributed by atoms with Crippen molar-refractivity contribution in [2.24, 2.45) is 0 Å². The fraction of sp³-hybridized carbons (Fsp3) is 0.500. The lowest BCUT2D eigenvalue weighted by molar-refractivity contribution is 0.0507. The van der Waals surface area contributed by atoms with Crippen LogP contribution >= 0.6 is 0 Å². The van der Waals surface area contributed by atoms with E-state index >= 15 is 0 Å². The van der Waals surface area contributed by atoms with Crippen LogP contribution in [-0.4, -0.2) is 23.8 Å². The summed E-state index contributed by atoms with van der Waals surface area (Å²) in [6.45, 7) is 7.86. The number of Topliss-reactive ketones (excluding diaryl/α,β-unsaturated/α-hetero) is 2. The van der Waals surface area contributed by atoms with Crippen LogP contribution in [0.5, 0.6) is 0 Å². The van der Waals surface area contributed by atoms with Crippen LogP contribution in [0.1, 0.15) is 74.1 Å². The molecular formula is C20H27NO4. The van der Waals surface area contributed by atoms with Crippen molar-refractivity contribution in [1.82, 2.24) is 0 Å².